The van der Waals surface area contributed by atoms with Gasteiger partial charge in [-0.1, -0.05) is 24.3 Å². The van der Waals surface area contributed by atoms with E-state index in [4.69, 9.17) is 10.2 Å². The van der Waals surface area contributed by atoms with Crippen molar-refractivity contribution in [3.63, 3.8) is 0 Å². The first-order valence-corrected chi connectivity index (χ1v) is 13.8. The molecule has 0 radical (unpaired) electrons. The van der Waals surface area contributed by atoms with Gasteiger partial charge in [0.15, 0.2) is 5.82 Å². The fourth-order valence-electron chi connectivity index (χ4n) is 5.42. The number of halogens is 1. The summed E-state index contributed by atoms with van der Waals surface area (Å²) in [7, 11) is 0. The molecular weight excluding hydrogens is 521 g/mol. The Labute approximate surface area is 235 Å². The van der Waals surface area contributed by atoms with Crippen LogP contribution in [0, 0.1) is 12.7 Å². The average Bonchev–Trinajstić information content (AvgIpc) is 3.87. The molecule has 2 heterocycles. The van der Waals surface area contributed by atoms with E-state index in [9.17, 15) is 14.0 Å². The summed E-state index contributed by atoms with van der Waals surface area (Å²) in [4.78, 5) is 30.6. The van der Waals surface area contributed by atoms with E-state index < -0.39 is 11.4 Å². The topological polar surface area (TPSA) is 127 Å². The summed E-state index contributed by atoms with van der Waals surface area (Å²) in [6.45, 7) is 1.97. The van der Waals surface area contributed by atoms with Crippen LogP contribution in [-0.2, 0) is 12.0 Å². The predicted octanol–water partition coefficient (Wildman–Crippen LogP) is 5.65. The van der Waals surface area contributed by atoms with E-state index >= 15 is 0 Å². The minimum absolute atomic E-state index is 0.190. The third kappa shape index (κ3) is 4.67. The number of nitrogens with two attached hydrogens (primary N) is 1. The Balaban J connectivity index is 1.19. The molecule has 0 saturated heterocycles. The minimum Gasteiger partial charge on any atom is -0.460 e. The number of H-pyrrole nitrogens is 1. The number of hydrogen-bond donors (Lipinski definition) is 3. The van der Waals surface area contributed by atoms with Gasteiger partial charge in [0, 0.05) is 23.3 Å². The highest BCUT2D eigenvalue weighted by Crippen LogP contribution is 2.46. The van der Waals surface area contributed by atoms with Crippen molar-refractivity contribution in [3.8, 4) is 11.1 Å². The summed E-state index contributed by atoms with van der Waals surface area (Å²) in [6, 6.07) is 17.2. The Morgan fingerprint density at radius 3 is 2.59 bits per heavy atom. The van der Waals surface area contributed by atoms with E-state index in [0.717, 1.165) is 53.8 Å². The van der Waals surface area contributed by atoms with Gasteiger partial charge in [0.25, 0.3) is 11.8 Å². The highest BCUT2D eigenvalue weighted by atomic mass is 19.1. The van der Waals surface area contributed by atoms with Gasteiger partial charge in [0.2, 0.25) is 0 Å². The van der Waals surface area contributed by atoms with Crippen LogP contribution in [0.25, 0.3) is 22.1 Å². The summed E-state index contributed by atoms with van der Waals surface area (Å²) >= 11 is 0. The number of primary amides is 1. The van der Waals surface area contributed by atoms with E-state index in [1.54, 1.807) is 18.2 Å². The van der Waals surface area contributed by atoms with Crippen molar-refractivity contribution in [2.75, 3.05) is 0 Å². The second kappa shape index (κ2) is 9.40. The SMILES string of the molecule is Cc1ccc(C(=O)NC2(c3n[nH]c(C4CC4)n3)CC2)cc1-c1ccc2oc(Cc3ccc(F)cc3)c(C(N)=O)c2c1. The van der Waals surface area contributed by atoms with Crippen molar-refractivity contribution in [2.24, 2.45) is 5.73 Å². The standard InChI is InChI=1S/C32H28FN5O3/c1-17-2-5-21(30(40)36-32(12-13-32)31-35-29(37-38-31)19-6-7-19)16-23(17)20-8-11-25-24(15-20)27(28(34)39)26(41-25)14-18-3-9-22(33)10-4-18/h2-5,8-11,15-16,19H,6-7,12-14H2,1H3,(H2,34,39)(H,36,40)(H,35,37,38). The molecular formula is C32H28FN5O3. The third-order valence-corrected chi connectivity index (χ3v) is 8.09. The number of furan rings is 1. The number of hydrogen-bond acceptors (Lipinski definition) is 5. The van der Waals surface area contributed by atoms with E-state index in [0.29, 0.717) is 46.0 Å². The maximum atomic E-state index is 13.4. The molecule has 3 aromatic carbocycles. The number of benzene rings is 3. The number of amides is 2. The number of nitrogens with one attached hydrogen (secondary N) is 2. The fourth-order valence-corrected chi connectivity index (χ4v) is 5.42. The highest BCUT2D eigenvalue weighted by Gasteiger charge is 2.50. The summed E-state index contributed by atoms with van der Waals surface area (Å²) < 4.78 is 19.4. The molecule has 2 aliphatic rings. The Bertz CT molecular complexity index is 1830. The fraction of sp³-hybridized carbons (Fsp3) is 0.250. The predicted molar refractivity (Wildman–Crippen MR) is 151 cm³/mol. The molecule has 8 nitrogen and oxygen atoms in total. The van der Waals surface area contributed by atoms with E-state index in [2.05, 4.69) is 20.5 Å². The van der Waals surface area contributed by atoms with Gasteiger partial charge in [-0.2, -0.15) is 5.10 Å². The number of rotatable bonds is 8. The normalized spacial score (nSPS) is 15.7. The van der Waals surface area contributed by atoms with E-state index in [-0.39, 0.29) is 11.7 Å². The zero-order valence-electron chi connectivity index (χ0n) is 22.5. The highest BCUT2D eigenvalue weighted by molar-refractivity contribution is 6.07. The van der Waals surface area contributed by atoms with Gasteiger partial charge in [-0.15, -0.1) is 0 Å². The maximum Gasteiger partial charge on any atom is 0.252 e. The van der Waals surface area contributed by atoms with Gasteiger partial charge in [0.1, 0.15) is 28.5 Å². The Morgan fingerprint density at radius 1 is 1.10 bits per heavy atom. The van der Waals surface area contributed by atoms with Crippen molar-refractivity contribution in [1.82, 2.24) is 20.5 Å². The molecule has 41 heavy (non-hydrogen) atoms. The molecule has 0 atom stereocenters. The summed E-state index contributed by atoms with van der Waals surface area (Å²) in [6.07, 6.45) is 4.15. The van der Waals surface area contributed by atoms with Gasteiger partial charge in [-0.05, 0) is 91.3 Å². The van der Waals surface area contributed by atoms with Crippen LogP contribution in [-0.4, -0.2) is 27.0 Å². The van der Waals surface area contributed by atoms with E-state index in [1.807, 2.05) is 37.3 Å². The van der Waals surface area contributed by atoms with Crippen LogP contribution >= 0.6 is 0 Å². The number of aromatic amines is 1. The van der Waals surface area contributed by atoms with Crippen LogP contribution in [0.5, 0.6) is 0 Å². The molecule has 5 aromatic rings. The van der Waals surface area contributed by atoms with E-state index in [1.165, 1.54) is 12.1 Å². The van der Waals surface area contributed by atoms with Crippen LogP contribution in [0.2, 0.25) is 0 Å². The zero-order chi connectivity index (χ0) is 28.3. The maximum absolute atomic E-state index is 13.4. The first-order chi connectivity index (χ1) is 19.8. The lowest BCUT2D eigenvalue weighted by atomic mass is 9.95. The number of nitrogens with zero attached hydrogens (tertiary/aromatic N) is 2. The smallest absolute Gasteiger partial charge is 0.252 e. The number of carbonyl (C=O) groups excluding carboxylic acids is 2. The first-order valence-electron chi connectivity index (χ1n) is 13.8. The molecule has 2 amide bonds. The van der Waals surface area contributed by atoms with Crippen LogP contribution in [0.3, 0.4) is 0 Å². The molecule has 0 unspecified atom stereocenters. The quantitative estimate of drug-likeness (QED) is 0.230. The van der Waals surface area contributed by atoms with Gasteiger partial charge >= 0.3 is 0 Å². The lowest BCUT2D eigenvalue weighted by Gasteiger charge is -2.15. The molecule has 206 valence electrons. The van der Waals surface area contributed by atoms with Crippen molar-refractivity contribution >= 4 is 22.8 Å². The second-order valence-electron chi connectivity index (χ2n) is 11.2. The lowest BCUT2D eigenvalue weighted by Crippen LogP contribution is -2.35. The van der Waals surface area contributed by atoms with Crippen molar-refractivity contribution < 1.29 is 18.4 Å². The van der Waals surface area contributed by atoms with Crippen molar-refractivity contribution in [1.29, 1.82) is 0 Å². The molecule has 2 aliphatic carbocycles. The molecule has 2 aromatic heterocycles. The molecule has 7 rings (SSSR count). The van der Waals surface area contributed by atoms with Crippen molar-refractivity contribution in [3.05, 3.63) is 106 Å². The first kappa shape index (κ1) is 25.2. The largest absolute Gasteiger partial charge is 0.460 e. The summed E-state index contributed by atoms with van der Waals surface area (Å²) in [5, 5.41) is 11.2. The summed E-state index contributed by atoms with van der Waals surface area (Å²) in [5.74, 6) is 1.32. The second-order valence-corrected chi connectivity index (χ2v) is 11.2. The molecule has 2 saturated carbocycles. The Hall–Kier alpha value is -4.79. The minimum atomic E-state index is -0.602. The van der Waals surface area contributed by atoms with Crippen LogP contribution in [0.4, 0.5) is 4.39 Å². The number of fused-ring (bicyclic) bond motifs is 1. The van der Waals surface area contributed by atoms with Gasteiger partial charge in [-0.3, -0.25) is 14.7 Å². The zero-order valence-corrected chi connectivity index (χ0v) is 22.5. The van der Waals surface area contributed by atoms with Crippen molar-refractivity contribution in [2.45, 2.75) is 50.5 Å². The molecule has 0 aliphatic heterocycles. The van der Waals surface area contributed by atoms with Crippen LogP contribution in [0.15, 0.2) is 65.1 Å². The average molecular weight is 550 g/mol. The van der Waals surface area contributed by atoms with Gasteiger partial charge < -0.3 is 15.5 Å². The number of aryl methyl sites for hydroxylation is 1. The van der Waals surface area contributed by atoms with Crippen LogP contribution < -0.4 is 11.1 Å². The monoisotopic (exact) mass is 549 g/mol. The Morgan fingerprint density at radius 2 is 1.88 bits per heavy atom. The molecule has 0 bridgehead atoms. The molecule has 0 spiro atoms. The van der Waals surface area contributed by atoms with Crippen LogP contribution in [0.1, 0.15) is 80.9 Å². The number of carbonyl (C=O) groups is 2. The summed E-state index contributed by atoms with van der Waals surface area (Å²) in [5.41, 5.74) is 10.1. The third-order valence-electron chi connectivity index (χ3n) is 8.09. The Kier molecular flexibility index (Phi) is 5.78. The lowest BCUT2D eigenvalue weighted by molar-refractivity contribution is 0.0927. The molecule has 2 fully saturated rings. The van der Waals surface area contributed by atoms with Gasteiger partial charge in [-0.25, -0.2) is 9.37 Å². The molecule has 4 N–H and O–H groups in total. The number of aromatic nitrogens is 3. The molecule has 9 heteroatoms. The van der Waals surface area contributed by atoms with Gasteiger partial charge in [0.05, 0.1) is 5.56 Å².